The van der Waals surface area contributed by atoms with E-state index in [-0.39, 0.29) is 4.93 Å². The van der Waals surface area contributed by atoms with Gasteiger partial charge in [0.15, 0.2) is 0 Å². The maximum atomic E-state index is 6.80. The molecule has 2 heteroatoms. The van der Waals surface area contributed by atoms with Gasteiger partial charge in [-0.3, -0.25) is 0 Å². The normalized spacial score (nSPS) is 42.3. The van der Waals surface area contributed by atoms with Crippen LogP contribution in [0.3, 0.4) is 0 Å². The second-order valence-electron chi connectivity index (χ2n) is 7.65. The largest absolute Gasteiger partial charge is 0.360 e. The van der Waals surface area contributed by atoms with E-state index in [0.717, 1.165) is 5.92 Å². The van der Waals surface area contributed by atoms with Crippen LogP contribution in [-0.2, 0) is 4.74 Å². The Hall–Kier alpha value is 0.310. The SMILES string of the molecule is CCCC1(CCC)O[C@@H]2C[C@H]3CC[C@]2(CS1)C3(C)C. The summed E-state index contributed by atoms with van der Waals surface area (Å²) in [5.41, 5.74) is 1.00. The van der Waals surface area contributed by atoms with Gasteiger partial charge in [0.25, 0.3) is 0 Å². The summed E-state index contributed by atoms with van der Waals surface area (Å²) in [6, 6.07) is 0. The van der Waals surface area contributed by atoms with Gasteiger partial charge in [-0.05, 0) is 43.4 Å². The fourth-order valence-corrected chi connectivity index (χ4v) is 7.31. The molecule has 0 aromatic carbocycles. The maximum Gasteiger partial charge on any atom is 0.114 e. The van der Waals surface area contributed by atoms with E-state index in [2.05, 4.69) is 39.5 Å². The van der Waals surface area contributed by atoms with Crippen molar-refractivity contribution in [3.8, 4) is 0 Å². The van der Waals surface area contributed by atoms with Crippen molar-refractivity contribution < 1.29 is 4.74 Å². The van der Waals surface area contributed by atoms with E-state index in [1.807, 2.05) is 0 Å². The predicted molar refractivity (Wildman–Crippen MR) is 83.4 cm³/mol. The zero-order valence-electron chi connectivity index (χ0n) is 13.1. The third-order valence-electron chi connectivity index (χ3n) is 6.57. The Bertz CT molecular complexity index is 345. The molecule has 0 radical (unpaired) electrons. The number of ether oxygens (including phenoxy) is 1. The summed E-state index contributed by atoms with van der Waals surface area (Å²) >= 11 is 2.17. The topological polar surface area (TPSA) is 9.23 Å². The van der Waals surface area contributed by atoms with Crippen LogP contribution < -0.4 is 0 Å². The van der Waals surface area contributed by atoms with Gasteiger partial charge in [-0.25, -0.2) is 0 Å². The van der Waals surface area contributed by atoms with Gasteiger partial charge in [-0.1, -0.05) is 40.5 Å². The highest BCUT2D eigenvalue weighted by molar-refractivity contribution is 8.00. The summed E-state index contributed by atoms with van der Waals surface area (Å²) in [6.45, 7) is 9.63. The van der Waals surface area contributed by atoms with Crippen LogP contribution in [0.5, 0.6) is 0 Å². The number of rotatable bonds is 4. The van der Waals surface area contributed by atoms with E-state index in [1.165, 1.54) is 50.7 Å². The lowest BCUT2D eigenvalue weighted by atomic mass is 9.69. The predicted octanol–water partition coefficient (Wildman–Crippen LogP) is 5.24. The van der Waals surface area contributed by atoms with Crippen molar-refractivity contribution in [2.75, 3.05) is 5.75 Å². The standard InChI is InChI=1S/C17H30OS/c1-5-8-17(9-6-2)18-14-11-13-7-10-16(14,12-19-17)15(13,3)4/h13-14H,5-12H2,1-4H3/t13-,14-,16-/m1/s1. The molecule has 3 rings (SSSR count). The Morgan fingerprint density at radius 2 is 1.84 bits per heavy atom. The first-order valence-electron chi connectivity index (χ1n) is 8.31. The van der Waals surface area contributed by atoms with E-state index in [4.69, 9.17) is 4.74 Å². The molecule has 110 valence electrons. The summed E-state index contributed by atoms with van der Waals surface area (Å²) in [5, 5.41) is 0. The summed E-state index contributed by atoms with van der Waals surface area (Å²) in [5.74, 6) is 2.26. The molecule has 0 amide bonds. The molecule has 0 N–H and O–H groups in total. The lowest BCUT2D eigenvalue weighted by molar-refractivity contribution is -0.117. The molecular weight excluding hydrogens is 252 g/mol. The average Bonchev–Trinajstić information content (AvgIpc) is 2.73. The minimum Gasteiger partial charge on any atom is -0.360 e. The highest BCUT2D eigenvalue weighted by atomic mass is 32.2. The number of hydrogen-bond acceptors (Lipinski definition) is 2. The van der Waals surface area contributed by atoms with E-state index in [1.54, 1.807) is 0 Å². The Kier molecular flexibility index (Phi) is 3.50. The van der Waals surface area contributed by atoms with E-state index in [0.29, 0.717) is 16.9 Å². The zero-order valence-corrected chi connectivity index (χ0v) is 13.9. The molecular formula is C17H30OS. The molecule has 3 aliphatic rings. The molecule has 1 heterocycles. The van der Waals surface area contributed by atoms with Crippen LogP contribution in [0.15, 0.2) is 0 Å². The second kappa shape index (κ2) is 4.66. The first-order chi connectivity index (χ1) is 9.00. The van der Waals surface area contributed by atoms with Crippen LogP contribution in [0.1, 0.15) is 72.6 Å². The Balaban J connectivity index is 1.83. The zero-order chi connectivity index (χ0) is 13.7. The molecule has 3 fully saturated rings. The first-order valence-corrected chi connectivity index (χ1v) is 9.30. The van der Waals surface area contributed by atoms with Crippen LogP contribution >= 0.6 is 11.8 Å². The Morgan fingerprint density at radius 3 is 2.42 bits per heavy atom. The Labute approximate surface area is 123 Å². The van der Waals surface area contributed by atoms with Gasteiger partial charge in [0, 0.05) is 11.2 Å². The van der Waals surface area contributed by atoms with E-state index >= 15 is 0 Å². The molecule has 19 heavy (non-hydrogen) atoms. The monoisotopic (exact) mass is 282 g/mol. The van der Waals surface area contributed by atoms with Crippen LogP contribution in [0.25, 0.3) is 0 Å². The number of fused-ring (bicyclic) bond motifs is 1. The van der Waals surface area contributed by atoms with Gasteiger partial charge >= 0.3 is 0 Å². The molecule has 2 saturated carbocycles. The van der Waals surface area contributed by atoms with Crippen LogP contribution in [-0.4, -0.2) is 16.8 Å². The van der Waals surface area contributed by atoms with E-state index in [9.17, 15) is 0 Å². The molecule has 3 atom stereocenters. The summed E-state index contributed by atoms with van der Waals surface area (Å²) in [7, 11) is 0. The number of thioether (sulfide) groups is 1. The van der Waals surface area contributed by atoms with Gasteiger partial charge in [-0.2, -0.15) is 0 Å². The highest BCUT2D eigenvalue weighted by Crippen LogP contribution is 2.70. The third kappa shape index (κ3) is 1.85. The molecule has 1 aliphatic heterocycles. The van der Waals surface area contributed by atoms with Crippen molar-refractivity contribution in [2.24, 2.45) is 16.7 Å². The fourth-order valence-electron chi connectivity index (χ4n) is 5.21. The maximum absolute atomic E-state index is 6.80. The first kappa shape index (κ1) is 14.3. The van der Waals surface area contributed by atoms with Crippen molar-refractivity contribution in [3.05, 3.63) is 0 Å². The summed E-state index contributed by atoms with van der Waals surface area (Å²) in [6.07, 6.45) is 9.73. The minimum atomic E-state index is 0.153. The summed E-state index contributed by atoms with van der Waals surface area (Å²) < 4.78 is 6.80. The van der Waals surface area contributed by atoms with Crippen molar-refractivity contribution in [1.29, 1.82) is 0 Å². The third-order valence-corrected chi connectivity index (χ3v) is 8.26. The lowest BCUT2D eigenvalue weighted by Crippen LogP contribution is -2.51. The molecule has 1 saturated heterocycles. The molecule has 2 bridgehead atoms. The van der Waals surface area contributed by atoms with Gasteiger partial charge in [0.05, 0.1) is 6.10 Å². The highest BCUT2D eigenvalue weighted by Gasteiger charge is 2.67. The van der Waals surface area contributed by atoms with Gasteiger partial charge in [0.1, 0.15) is 4.93 Å². The van der Waals surface area contributed by atoms with Crippen molar-refractivity contribution in [1.82, 2.24) is 0 Å². The number of hydrogen-bond donors (Lipinski definition) is 0. The minimum absolute atomic E-state index is 0.153. The quantitative estimate of drug-likeness (QED) is 0.697. The van der Waals surface area contributed by atoms with E-state index < -0.39 is 0 Å². The van der Waals surface area contributed by atoms with Gasteiger partial charge in [-0.15, -0.1) is 11.8 Å². The molecule has 0 aromatic heterocycles. The summed E-state index contributed by atoms with van der Waals surface area (Å²) in [4.78, 5) is 0.153. The van der Waals surface area contributed by atoms with Crippen LogP contribution in [0, 0.1) is 16.7 Å². The molecule has 1 nitrogen and oxygen atoms in total. The molecule has 1 spiro atoms. The van der Waals surface area contributed by atoms with Crippen molar-refractivity contribution >= 4 is 11.8 Å². The Morgan fingerprint density at radius 1 is 1.16 bits per heavy atom. The molecule has 2 aliphatic carbocycles. The van der Waals surface area contributed by atoms with Crippen molar-refractivity contribution in [3.63, 3.8) is 0 Å². The van der Waals surface area contributed by atoms with Crippen LogP contribution in [0.4, 0.5) is 0 Å². The van der Waals surface area contributed by atoms with Crippen molar-refractivity contribution in [2.45, 2.75) is 83.7 Å². The lowest BCUT2D eigenvalue weighted by Gasteiger charge is -2.52. The molecule has 0 aromatic rings. The van der Waals surface area contributed by atoms with Gasteiger partial charge in [0.2, 0.25) is 0 Å². The average molecular weight is 282 g/mol. The van der Waals surface area contributed by atoms with Gasteiger partial charge < -0.3 is 4.74 Å². The van der Waals surface area contributed by atoms with Crippen LogP contribution in [0.2, 0.25) is 0 Å². The fraction of sp³-hybridized carbons (Fsp3) is 1.00. The second-order valence-corrected chi connectivity index (χ2v) is 8.98. The smallest absolute Gasteiger partial charge is 0.114 e. The molecule has 0 unspecified atom stereocenters.